The molecule has 0 radical (unpaired) electrons. The lowest BCUT2D eigenvalue weighted by Crippen LogP contribution is -2.66. The van der Waals surface area contributed by atoms with Gasteiger partial charge in [0.1, 0.15) is 11.4 Å². The van der Waals surface area contributed by atoms with Crippen molar-refractivity contribution in [2.45, 2.75) is 65.2 Å². The molecule has 0 spiro atoms. The van der Waals surface area contributed by atoms with Gasteiger partial charge < -0.3 is 18.7 Å². The molecule has 39 heavy (non-hydrogen) atoms. The van der Waals surface area contributed by atoms with Gasteiger partial charge in [-0.2, -0.15) is 0 Å². The van der Waals surface area contributed by atoms with Crippen LogP contribution in [0, 0.1) is 5.41 Å². The van der Waals surface area contributed by atoms with Crippen molar-refractivity contribution in [3.05, 3.63) is 103 Å². The molecule has 5 heteroatoms. The number of carbonyl (C=O) groups excluding carboxylic acids is 1. The van der Waals surface area contributed by atoms with Crippen molar-refractivity contribution in [2.24, 2.45) is 5.41 Å². The first-order chi connectivity index (χ1) is 18.4. The summed E-state index contributed by atoms with van der Waals surface area (Å²) in [6.45, 7) is 13.8. The third-order valence-corrected chi connectivity index (χ3v) is 12.2. The van der Waals surface area contributed by atoms with Crippen LogP contribution in [0.25, 0.3) is 0 Å². The molecular weight excluding hydrogens is 500 g/mol. The van der Waals surface area contributed by atoms with Gasteiger partial charge in [0.25, 0.3) is 8.32 Å². The average molecular weight is 545 g/mol. The highest BCUT2D eigenvalue weighted by atomic mass is 28.4. The zero-order chi connectivity index (χ0) is 28.6. The van der Waals surface area contributed by atoms with E-state index >= 15 is 0 Å². The Hall–Kier alpha value is -2.99. The van der Waals surface area contributed by atoms with Crippen molar-refractivity contribution in [3.63, 3.8) is 0 Å². The summed E-state index contributed by atoms with van der Waals surface area (Å²) < 4.78 is 18.3. The second-order valence-corrected chi connectivity index (χ2v) is 16.4. The fraction of sp³-hybridized carbons (Fsp3) is 0.382. The maximum atomic E-state index is 12.1. The summed E-state index contributed by atoms with van der Waals surface area (Å²) in [5, 5.41) is 2.44. The standard InChI is InChI=1S/C34H44O4Si/c1-32(2,3)39(30-15-10-8-11-16-30,31-17-12-9-13-18-31)38-24-14-23-33(4,5)26-34(6,27-35)37-25-28-19-21-29(36-7)22-20-28/h8-23,27H,24-26H2,1-7H3/b23-14+/t34-/m1/s1. The lowest BCUT2D eigenvalue weighted by molar-refractivity contribution is -0.134. The molecule has 3 aromatic rings. The highest BCUT2D eigenvalue weighted by Gasteiger charge is 2.49. The van der Waals surface area contributed by atoms with Gasteiger partial charge in [-0.1, -0.05) is 120 Å². The van der Waals surface area contributed by atoms with Gasteiger partial charge in [-0.3, -0.25) is 0 Å². The second kappa shape index (κ2) is 12.9. The van der Waals surface area contributed by atoms with Gasteiger partial charge in [0.15, 0.2) is 6.29 Å². The monoisotopic (exact) mass is 544 g/mol. The molecule has 0 N–H and O–H groups in total. The van der Waals surface area contributed by atoms with E-state index in [9.17, 15) is 4.79 Å². The number of hydrogen-bond donors (Lipinski definition) is 0. The Balaban J connectivity index is 1.75. The van der Waals surface area contributed by atoms with Crippen molar-refractivity contribution in [1.29, 1.82) is 0 Å². The third-order valence-electron chi connectivity index (χ3n) is 7.17. The van der Waals surface area contributed by atoms with Gasteiger partial charge in [0.2, 0.25) is 0 Å². The first kappa shape index (κ1) is 30.5. The molecule has 3 rings (SSSR count). The first-order valence-electron chi connectivity index (χ1n) is 13.6. The summed E-state index contributed by atoms with van der Waals surface area (Å²) in [5.74, 6) is 0.795. The summed E-state index contributed by atoms with van der Waals surface area (Å²) in [6.07, 6.45) is 5.73. The van der Waals surface area contributed by atoms with Crippen LogP contribution in [0.2, 0.25) is 5.04 Å². The molecule has 0 amide bonds. The molecule has 4 nitrogen and oxygen atoms in total. The maximum absolute atomic E-state index is 12.1. The van der Waals surface area contributed by atoms with E-state index in [-0.39, 0.29) is 10.5 Å². The molecule has 0 heterocycles. The van der Waals surface area contributed by atoms with Crippen LogP contribution >= 0.6 is 0 Å². The number of methoxy groups -OCH3 is 1. The molecular formula is C34H44O4Si. The minimum Gasteiger partial charge on any atom is -0.497 e. The summed E-state index contributed by atoms with van der Waals surface area (Å²) in [6, 6.07) is 29.0. The predicted molar refractivity (Wildman–Crippen MR) is 163 cm³/mol. The average Bonchev–Trinajstić information content (AvgIpc) is 2.92. The number of aldehydes is 1. The Morgan fingerprint density at radius 1 is 0.769 bits per heavy atom. The summed E-state index contributed by atoms with van der Waals surface area (Å²) in [7, 11) is -0.954. The first-order valence-corrected chi connectivity index (χ1v) is 15.5. The van der Waals surface area contributed by atoms with Crippen molar-refractivity contribution < 1.29 is 18.7 Å². The molecule has 0 fully saturated rings. The summed E-state index contributed by atoms with van der Waals surface area (Å²) in [5.41, 5.74) is -0.187. The Morgan fingerprint density at radius 3 is 1.77 bits per heavy atom. The Morgan fingerprint density at radius 2 is 1.31 bits per heavy atom. The predicted octanol–water partition coefficient (Wildman–Crippen LogP) is 6.72. The highest BCUT2D eigenvalue weighted by molar-refractivity contribution is 6.99. The molecule has 0 aliphatic carbocycles. The SMILES string of the molecule is COc1ccc(CO[C@@](C)(C=O)CC(C)(C)/C=C/CO[Si](c2ccccc2)(c2ccccc2)C(C)(C)C)cc1. The quantitative estimate of drug-likeness (QED) is 0.136. The minimum atomic E-state index is -2.60. The molecule has 0 unspecified atom stereocenters. The van der Waals surface area contributed by atoms with Crippen LogP contribution in [0.4, 0.5) is 0 Å². The molecule has 3 aromatic carbocycles. The van der Waals surface area contributed by atoms with Crippen molar-refractivity contribution in [1.82, 2.24) is 0 Å². The van der Waals surface area contributed by atoms with E-state index in [1.54, 1.807) is 7.11 Å². The fourth-order valence-corrected chi connectivity index (χ4v) is 9.86. The maximum Gasteiger partial charge on any atom is 0.261 e. The van der Waals surface area contributed by atoms with Crippen LogP contribution in [0.15, 0.2) is 97.1 Å². The molecule has 0 aromatic heterocycles. The molecule has 0 saturated heterocycles. The van der Waals surface area contributed by atoms with Crippen molar-refractivity contribution >= 4 is 25.0 Å². The summed E-state index contributed by atoms with van der Waals surface area (Å²) >= 11 is 0. The lowest BCUT2D eigenvalue weighted by atomic mass is 9.81. The van der Waals surface area contributed by atoms with E-state index in [0.717, 1.165) is 17.6 Å². The Kier molecular flexibility index (Phi) is 10.1. The van der Waals surface area contributed by atoms with Crippen molar-refractivity contribution in [3.8, 4) is 5.75 Å². The molecule has 208 valence electrons. The molecule has 0 saturated carbocycles. The van der Waals surface area contributed by atoms with Gasteiger partial charge in [0, 0.05) is 0 Å². The topological polar surface area (TPSA) is 44.8 Å². The van der Waals surface area contributed by atoms with E-state index in [1.807, 2.05) is 31.2 Å². The van der Waals surface area contributed by atoms with Gasteiger partial charge in [-0.25, -0.2) is 0 Å². The molecule has 1 atom stereocenters. The number of ether oxygens (including phenoxy) is 2. The van der Waals surface area contributed by atoms with Gasteiger partial charge >= 0.3 is 0 Å². The number of allylic oxidation sites excluding steroid dienone is 1. The number of hydrogen-bond acceptors (Lipinski definition) is 4. The van der Waals surface area contributed by atoms with Gasteiger partial charge in [-0.05, 0) is 51.9 Å². The summed E-state index contributed by atoms with van der Waals surface area (Å²) in [4.78, 5) is 12.1. The van der Waals surface area contributed by atoms with Crippen molar-refractivity contribution in [2.75, 3.05) is 13.7 Å². The zero-order valence-corrected chi connectivity index (χ0v) is 25.6. The second-order valence-electron chi connectivity index (χ2n) is 12.1. The van der Waals surface area contributed by atoms with Crippen LogP contribution in [0.5, 0.6) is 5.75 Å². The van der Waals surface area contributed by atoms with Crippen LogP contribution in [-0.2, 0) is 20.6 Å². The fourth-order valence-electron chi connectivity index (χ4n) is 5.36. The molecule has 0 bridgehead atoms. The van der Waals surface area contributed by atoms with Crippen LogP contribution < -0.4 is 15.1 Å². The van der Waals surface area contributed by atoms with Crippen LogP contribution in [0.3, 0.4) is 0 Å². The lowest BCUT2D eigenvalue weighted by Gasteiger charge is -2.42. The Labute approximate surface area is 236 Å². The Bertz CT molecular complexity index is 1160. The van der Waals surface area contributed by atoms with Gasteiger partial charge in [-0.15, -0.1) is 0 Å². The largest absolute Gasteiger partial charge is 0.497 e. The smallest absolute Gasteiger partial charge is 0.261 e. The normalized spacial score (nSPS) is 14.2. The number of carbonyl (C=O) groups is 1. The zero-order valence-electron chi connectivity index (χ0n) is 24.6. The van der Waals surface area contributed by atoms with E-state index in [1.165, 1.54) is 10.4 Å². The third kappa shape index (κ3) is 7.78. The molecule has 0 aliphatic rings. The minimum absolute atomic E-state index is 0.0789. The molecule has 0 aliphatic heterocycles. The van der Waals surface area contributed by atoms with Crippen LogP contribution in [0.1, 0.15) is 53.5 Å². The number of benzene rings is 3. The van der Waals surface area contributed by atoms with E-state index in [2.05, 4.69) is 107 Å². The van der Waals surface area contributed by atoms with E-state index in [0.29, 0.717) is 19.6 Å². The highest BCUT2D eigenvalue weighted by Crippen LogP contribution is 2.37. The van der Waals surface area contributed by atoms with Crippen LogP contribution in [-0.4, -0.2) is 33.9 Å². The number of rotatable bonds is 13. The van der Waals surface area contributed by atoms with E-state index in [4.69, 9.17) is 13.9 Å². The van der Waals surface area contributed by atoms with Gasteiger partial charge in [0.05, 0.1) is 20.3 Å². The van der Waals surface area contributed by atoms with E-state index < -0.39 is 13.9 Å².